The molecule has 0 unspecified atom stereocenters. The number of nitrogens with one attached hydrogen (secondary N) is 1. The molecule has 9 heteroatoms. The van der Waals surface area contributed by atoms with Crippen molar-refractivity contribution in [2.75, 3.05) is 13.7 Å². The number of aromatic hydroxyl groups is 1. The fourth-order valence-electron chi connectivity index (χ4n) is 3.04. The average Bonchev–Trinajstić information content (AvgIpc) is 2.98. The molecule has 9 nitrogen and oxygen atoms in total. The van der Waals surface area contributed by atoms with Crippen molar-refractivity contribution in [3.8, 4) is 11.5 Å². The van der Waals surface area contributed by atoms with Crippen LogP contribution in [0.5, 0.6) is 11.5 Å². The first-order chi connectivity index (χ1) is 12.8. The molecule has 0 saturated carbocycles. The lowest BCUT2D eigenvalue weighted by atomic mass is 10.2. The molecule has 0 aliphatic rings. The van der Waals surface area contributed by atoms with Gasteiger partial charge in [-0.15, -0.1) is 0 Å². The lowest BCUT2D eigenvalue weighted by molar-refractivity contribution is -0.135. The molecule has 2 heterocycles. The molecule has 27 heavy (non-hydrogen) atoms. The van der Waals surface area contributed by atoms with E-state index < -0.39 is 35.3 Å². The maximum Gasteiger partial charge on any atom is 0.322 e. The Bertz CT molecular complexity index is 1130. The van der Waals surface area contributed by atoms with Crippen LogP contribution < -0.4 is 15.6 Å². The number of amides is 1. The predicted octanol–water partition coefficient (Wildman–Crippen LogP) is 1.36. The first-order valence-corrected chi connectivity index (χ1v) is 8.23. The van der Waals surface area contributed by atoms with Crippen LogP contribution in [0.2, 0.25) is 0 Å². The molecule has 2 aromatic heterocycles. The van der Waals surface area contributed by atoms with E-state index in [0.717, 1.165) is 5.39 Å². The van der Waals surface area contributed by atoms with Crippen molar-refractivity contribution in [2.45, 2.75) is 19.9 Å². The monoisotopic (exact) mass is 373 g/mol. The number of carboxylic acids is 1. The highest BCUT2D eigenvalue weighted by Gasteiger charge is 2.25. The number of hydrogen-bond donors (Lipinski definition) is 3. The van der Waals surface area contributed by atoms with E-state index in [1.807, 2.05) is 0 Å². The maximum absolute atomic E-state index is 13.0. The second-order valence-electron chi connectivity index (χ2n) is 6.31. The van der Waals surface area contributed by atoms with Gasteiger partial charge in [-0.2, -0.15) is 0 Å². The van der Waals surface area contributed by atoms with Gasteiger partial charge in [0.1, 0.15) is 23.4 Å². The largest absolute Gasteiger partial charge is 0.505 e. The van der Waals surface area contributed by atoms with Crippen molar-refractivity contribution in [3.63, 3.8) is 0 Å². The van der Waals surface area contributed by atoms with E-state index in [0.29, 0.717) is 11.3 Å². The van der Waals surface area contributed by atoms with E-state index in [4.69, 9.17) is 9.84 Å². The van der Waals surface area contributed by atoms with Gasteiger partial charge < -0.3 is 20.3 Å². The molecule has 0 fully saturated rings. The Morgan fingerprint density at radius 3 is 2.52 bits per heavy atom. The number of carbonyl (C=O) groups excluding carboxylic acids is 1. The second-order valence-corrected chi connectivity index (χ2v) is 6.31. The minimum atomic E-state index is -1.26. The lowest BCUT2D eigenvalue weighted by Crippen LogP contribution is -2.38. The van der Waals surface area contributed by atoms with Crippen LogP contribution in [0, 0.1) is 0 Å². The fourth-order valence-corrected chi connectivity index (χ4v) is 3.04. The zero-order valence-electron chi connectivity index (χ0n) is 15.0. The van der Waals surface area contributed by atoms with E-state index in [-0.39, 0.29) is 11.6 Å². The number of carboxylic acid groups (broad SMARTS) is 1. The molecule has 3 N–H and O–H groups in total. The Morgan fingerprint density at radius 2 is 1.93 bits per heavy atom. The molecule has 0 bridgehead atoms. The van der Waals surface area contributed by atoms with E-state index in [1.54, 1.807) is 38.1 Å². The molecule has 0 radical (unpaired) electrons. The third kappa shape index (κ3) is 2.97. The number of rotatable bonds is 5. The minimum absolute atomic E-state index is 0.257. The summed E-state index contributed by atoms with van der Waals surface area (Å²) in [5.74, 6) is -2.13. The van der Waals surface area contributed by atoms with Gasteiger partial charge in [0.15, 0.2) is 5.75 Å². The zero-order chi connectivity index (χ0) is 19.9. The van der Waals surface area contributed by atoms with Crippen LogP contribution in [-0.4, -0.2) is 44.9 Å². The van der Waals surface area contributed by atoms with E-state index in [9.17, 15) is 19.5 Å². The van der Waals surface area contributed by atoms with Crippen LogP contribution in [0.3, 0.4) is 0 Å². The highest BCUT2D eigenvalue weighted by molar-refractivity contribution is 6.01. The van der Waals surface area contributed by atoms with Gasteiger partial charge in [-0.1, -0.05) is 0 Å². The van der Waals surface area contributed by atoms with E-state index in [2.05, 4.69) is 5.32 Å². The van der Waals surface area contributed by atoms with E-state index >= 15 is 0 Å². The molecule has 3 aromatic rings. The first-order valence-electron chi connectivity index (χ1n) is 8.23. The van der Waals surface area contributed by atoms with Gasteiger partial charge in [0, 0.05) is 17.5 Å². The van der Waals surface area contributed by atoms with Gasteiger partial charge >= 0.3 is 5.97 Å². The SMILES string of the molecule is COc1ccc2cc3c(O)c(C(=O)NCC(=O)O)c(=O)n(C(C)C)n3c2c1. The summed E-state index contributed by atoms with van der Waals surface area (Å²) in [6.07, 6.45) is 0. The maximum atomic E-state index is 13.0. The molecule has 0 spiro atoms. The van der Waals surface area contributed by atoms with Crippen LogP contribution in [-0.2, 0) is 4.79 Å². The van der Waals surface area contributed by atoms with Gasteiger partial charge in [-0.05, 0) is 32.0 Å². The number of hydrogen-bond acceptors (Lipinski definition) is 5. The van der Waals surface area contributed by atoms with Crippen LogP contribution in [0.4, 0.5) is 0 Å². The van der Waals surface area contributed by atoms with Gasteiger partial charge in [-0.25, -0.2) is 9.20 Å². The highest BCUT2D eigenvalue weighted by atomic mass is 16.5. The third-order valence-electron chi connectivity index (χ3n) is 4.22. The van der Waals surface area contributed by atoms with Crippen molar-refractivity contribution in [3.05, 3.63) is 40.2 Å². The smallest absolute Gasteiger partial charge is 0.322 e. The van der Waals surface area contributed by atoms with Crippen molar-refractivity contribution in [1.82, 2.24) is 14.5 Å². The molecule has 3 rings (SSSR count). The van der Waals surface area contributed by atoms with Crippen molar-refractivity contribution < 1.29 is 24.5 Å². The van der Waals surface area contributed by atoms with E-state index in [1.165, 1.54) is 16.3 Å². The van der Waals surface area contributed by atoms with Gasteiger partial charge in [0.25, 0.3) is 11.5 Å². The number of carbonyl (C=O) groups is 2. The quantitative estimate of drug-likeness (QED) is 0.621. The van der Waals surface area contributed by atoms with Gasteiger partial charge in [-0.3, -0.25) is 14.4 Å². The molecule has 0 saturated heterocycles. The second kappa shape index (κ2) is 6.67. The minimum Gasteiger partial charge on any atom is -0.505 e. The molecule has 1 aromatic carbocycles. The fraction of sp³-hybridized carbons (Fsp3) is 0.278. The Balaban J connectivity index is 2.38. The Kier molecular flexibility index (Phi) is 4.52. The normalized spacial score (nSPS) is 11.3. The lowest BCUT2D eigenvalue weighted by Gasteiger charge is -2.17. The standard InChI is InChI=1S/C18H19N3O6/c1-9(2)20-18(26)15(17(25)19-8-14(22)23)16(24)13-6-10-4-5-11(27-3)7-12(10)21(13)20/h4-7,9,24H,8H2,1-3H3,(H,19,25)(H,22,23). The number of nitrogens with zero attached hydrogens (tertiary/aromatic N) is 2. The Morgan fingerprint density at radius 1 is 1.22 bits per heavy atom. The molecule has 142 valence electrons. The predicted molar refractivity (Wildman–Crippen MR) is 97.7 cm³/mol. The number of aliphatic carboxylic acids is 1. The summed E-state index contributed by atoms with van der Waals surface area (Å²) in [6, 6.07) is 6.56. The molecule has 0 aliphatic heterocycles. The van der Waals surface area contributed by atoms with Gasteiger partial charge in [0.2, 0.25) is 0 Å². The number of benzene rings is 1. The van der Waals surface area contributed by atoms with Crippen molar-refractivity contribution >= 4 is 28.3 Å². The summed E-state index contributed by atoms with van der Waals surface area (Å²) in [5.41, 5.74) is -0.333. The highest BCUT2D eigenvalue weighted by Crippen LogP contribution is 2.31. The molecule has 0 atom stereocenters. The van der Waals surface area contributed by atoms with Crippen LogP contribution in [0.1, 0.15) is 30.2 Å². The number of methoxy groups -OCH3 is 1. The summed E-state index contributed by atoms with van der Waals surface area (Å²) in [4.78, 5) is 36.0. The average molecular weight is 373 g/mol. The zero-order valence-corrected chi connectivity index (χ0v) is 15.0. The van der Waals surface area contributed by atoms with Crippen LogP contribution in [0.25, 0.3) is 16.4 Å². The third-order valence-corrected chi connectivity index (χ3v) is 4.22. The van der Waals surface area contributed by atoms with Crippen LogP contribution in [0.15, 0.2) is 29.1 Å². The Labute approximate surface area is 153 Å². The summed E-state index contributed by atoms with van der Waals surface area (Å²) in [7, 11) is 1.52. The number of aromatic nitrogens is 2. The van der Waals surface area contributed by atoms with Crippen molar-refractivity contribution in [1.29, 1.82) is 0 Å². The summed E-state index contributed by atoms with van der Waals surface area (Å²) >= 11 is 0. The molecule has 1 amide bonds. The van der Waals surface area contributed by atoms with Crippen LogP contribution >= 0.6 is 0 Å². The molecular weight excluding hydrogens is 354 g/mol. The summed E-state index contributed by atoms with van der Waals surface area (Å²) < 4.78 is 8.11. The Hall–Kier alpha value is -3.49. The topological polar surface area (TPSA) is 122 Å². The van der Waals surface area contributed by atoms with Crippen molar-refractivity contribution in [2.24, 2.45) is 0 Å². The van der Waals surface area contributed by atoms with Gasteiger partial charge in [0.05, 0.1) is 12.6 Å². The summed E-state index contributed by atoms with van der Waals surface area (Å²) in [5, 5.41) is 22.2. The molecule has 0 aliphatic carbocycles. The first kappa shape index (κ1) is 18.3. The molecular formula is C18H19N3O6. The number of ether oxygens (including phenoxy) is 1. The number of fused-ring (bicyclic) bond motifs is 3. The summed E-state index contributed by atoms with van der Waals surface area (Å²) in [6.45, 7) is 2.87.